The molecule has 1 aliphatic carbocycles. The molecular formula is C13H20N2O2S. The number of methoxy groups -OCH3 is 1. The summed E-state index contributed by atoms with van der Waals surface area (Å²) in [6, 6.07) is 0. The average Bonchev–Trinajstić information content (AvgIpc) is 2.68. The van der Waals surface area contributed by atoms with Gasteiger partial charge in [0, 0.05) is 17.9 Å². The molecule has 0 unspecified atom stereocenters. The fraction of sp³-hybridized carbons (Fsp3) is 0.692. The predicted molar refractivity (Wildman–Crippen MR) is 73.0 cm³/mol. The van der Waals surface area contributed by atoms with E-state index < -0.39 is 0 Å². The van der Waals surface area contributed by atoms with Gasteiger partial charge >= 0.3 is 0 Å². The lowest BCUT2D eigenvalue weighted by atomic mass is 9.87. The summed E-state index contributed by atoms with van der Waals surface area (Å²) >= 11 is 1.54. The third-order valence-corrected chi connectivity index (χ3v) is 4.63. The van der Waals surface area contributed by atoms with Gasteiger partial charge in [-0.15, -0.1) is 11.3 Å². The molecule has 5 heteroatoms. The van der Waals surface area contributed by atoms with E-state index in [9.17, 15) is 4.79 Å². The molecule has 1 aromatic rings. The van der Waals surface area contributed by atoms with Gasteiger partial charge in [0.15, 0.2) is 5.13 Å². The Morgan fingerprint density at radius 2 is 2.00 bits per heavy atom. The van der Waals surface area contributed by atoms with Crippen LogP contribution in [-0.4, -0.2) is 24.1 Å². The van der Waals surface area contributed by atoms with Crippen LogP contribution in [0.25, 0.3) is 0 Å². The van der Waals surface area contributed by atoms with Crippen molar-refractivity contribution in [3.63, 3.8) is 0 Å². The molecule has 1 N–H and O–H groups in total. The Hall–Kier alpha value is -0.940. The Morgan fingerprint density at radius 1 is 1.33 bits per heavy atom. The second kappa shape index (κ2) is 5.80. The molecule has 1 aliphatic rings. The standard InChI is InChI=1S/C13H20N2O2S/c1-8-9(2)18-13(14-8)15-12(16)10-4-6-11(17-3)7-5-10/h10-11H,4-7H2,1-3H3,(H,14,15,16). The molecular weight excluding hydrogens is 248 g/mol. The van der Waals surface area contributed by atoms with Gasteiger partial charge in [-0.2, -0.15) is 0 Å². The Bertz CT molecular complexity index is 403. The zero-order chi connectivity index (χ0) is 13.1. The van der Waals surface area contributed by atoms with E-state index >= 15 is 0 Å². The highest BCUT2D eigenvalue weighted by atomic mass is 32.1. The van der Waals surface area contributed by atoms with Crippen molar-refractivity contribution in [2.24, 2.45) is 5.92 Å². The number of aryl methyl sites for hydroxylation is 2. The van der Waals surface area contributed by atoms with Gasteiger partial charge in [-0.1, -0.05) is 0 Å². The molecule has 1 fully saturated rings. The van der Waals surface area contributed by atoms with Crippen LogP contribution in [0, 0.1) is 19.8 Å². The Kier molecular flexibility index (Phi) is 4.35. The number of rotatable bonds is 3. The summed E-state index contributed by atoms with van der Waals surface area (Å²) in [6.45, 7) is 3.98. The first-order chi connectivity index (χ1) is 8.60. The van der Waals surface area contributed by atoms with Crippen molar-refractivity contribution in [1.82, 2.24) is 4.98 Å². The van der Waals surface area contributed by atoms with Gasteiger partial charge in [0.2, 0.25) is 5.91 Å². The summed E-state index contributed by atoms with van der Waals surface area (Å²) in [5.41, 5.74) is 0.999. The topological polar surface area (TPSA) is 51.2 Å². The zero-order valence-corrected chi connectivity index (χ0v) is 12.0. The molecule has 1 amide bonds. The summed E-state index contributed by atoms with van der Waals surface area (Å²) in [5, 5.41) is 3.66. The number of ether oxygens (including phenoxy) is 1. The predicted octanol–water partition coefficient (Wildman–Crippen LogP) is 2.90. The summed E-state index contributed by atoms with van der Waals surface area (Å²) in [5.74, 6) is 0.221. The molecule has 100 valence electrons. The molecule has 4 nitrogen and oxygen atoms in total. The molecule has 0 bridgehead atoms. The van der Waals surface area contributed by atoms with E-state index in [1.165, 1.54) is 0 Å². The van der Waals surface area contributed by atoms with Crippen LogP contribution in [0.1, 0.15) is 36.3 Å². The molecule has 0 atom stereocenters. The van der Waals surface area contributed by atoms with Crippen LogP contribution in [0.5, 0.6) is 0 Å². The lowest BCUT2D eigenvalue weighted by molar-refractivity contribution is -0.121. The Balaban J connectivity index is 1.89. The van der Waals surface area contributed by atoms with E-state index in [0.717, 1.165) is 41.4 Å². The molecule has 0 spiro atoms. The van der Waals surface area contributed by atoms with Crippen molar-refractivity contribution in [3.05, 3.63) is 10.6 Å². The number of hydrogen-bond acceptors (Lipinski definition) is 4. The van der Waals surface area contributed by atoms with E-state index in [4.69, 9.17) is 4.74 Å². The first-order valence-electron chi connectivity index (χ1n) is 6.38. The second-order valence-corrected chi connectivity index (χ2v) is 6.06. The molecule has 0 aromatic carbocycles. The number of hydrogen-bond donors (Lipinski definition) is 1. The van der Waals surface area contributed by atoms with Crippen LogP contribution in [0.2, 0.25) is 0 Å². The number of nitrogens with zero attached hydrogens (tertiary/aromatic N) is 1. The fourth-order valence-electron chi connectivity index (χ4n) is 2.29. The first kappa shape index (κ1) is 13.5. The van der Waals surface area contributed by atoms with Crippen LogP contribution in [-0.2, 0) is 9.53 Å². The zero-order valence-electron chi connectivity index (χ0n) is 11.2. The molecule has 0 aliphatic heterocycles. The summed E-state index contributed by atoms with van der Waals surface area (Å²) in [4.78, 5) is 17.6. The maximum Gasteiger partial charge on any atom is 0.229 e. The van der Waals surface area contributed by atoms with Gasteiger partial charge in [-0.05, 0) is 39.5 Å². The summed E-state index contributed by atoms with van der Waals surface area (Å²) < 4.78 is 5.31. The number of carbonyl (C=O) groups is 1. The quantitative estimate of drug-likeness (QED) is 0.917. The van der Waals surface area contributed by atoms with Crippen molar-refractivity contribution in [3.8, 4) is 0 Å². The Morgan fingerprint density at radius 3 is 2.50 bits per heavy atom. The van der Waals surface area contributed by atoms with Crippen molar-refractivity contribution in [1.29, 1.82) is 0 Å². The van der Waals surface area contributed by atoms with E-state index in [2.05, 4.69) is 10.3 Å². The molecule has 1 aromatic heterocycles. The van der Waals surface area contributed by atoms with Crippen LogP contribution >= 0.6 is 11.3 Å². The van der Waals surface area contributed by atoms with Crippen molar-refractivity contribution in [2.75, 3.05) is 12.4 Å². The van der Waals surface area contributed by atoms with Gasteiger partial charge in [0.1, 0.15) is 0 Å². The fourth-order valence-corrected chi connectivity index (χ4v) is 3.11. The highest BCUT2D eigenvalue weighted by Crippen LogP contribution is 2.28. The number of thiazole rings is 1. The number of aromatic nitrogens is 1. The average molecular weight is 268 g/mol. The number of nitrogens with one attached hydrogen (secondary N) is 1. The summed E-state index contributed by atoms with van der Waals surface area (Å²) in [7, 11) is 1.74. The smallest absolute Gasteiger partial charge is 0.229 e. The minimum atomic E-state index is 0.110. The van der Waals surface area contributed by atoms with Crippen molar-refractivity contribution >= 4 is 22.4 Å². The van der Waals surface area contributed by atoms with Gasteiger partial charge in [-0.3, -0.25) is 4.79 Å². The normalized spacial score (nSPS) is 23.9. The third-order valence-electron chi connectivity index (χ3n) is 3.64. The minimum absolute atomic E-state index is 0.110. The van der Waals surface area contributed by atoms with Crippen LogP contribution < -0.4 is 5.32 Å². The van der Waals surface area contributed by atoms with E-state index in [-0.39, 0.29) is 11.8 Å². The maximum atomic E-state index is 12.1. The number of anilines is 1. The lowest BCUT2D eigenvalue weighted by Crippen LogP contribution is -2.29. The van der Waals surface area contributed by atoms with Gasteiger partial charge in [0.25, 0.3) is 0 Å². The van der Waals surface area contributed by atoms with E-state index in [1.54, 1.807) is 18.4 Å². The van der Waals surface area contributed by atoms with Crippen molar-refractivity contribution < 1.29 is 9.53 Å². The number of amides is 1. The maximum absolute atomic E-state index is 12.1. The molecule has 1 heterocycles. The SMILES string of the molecule is COC1CCC(C(=O)Nc2nc(C)c(C)s2)CC1. The molecule has 0 saturated heterocycles. The van der Waals surface area contributed by atoms with Gasteiger partial charge < -0.3 is 10.1 Å². The third kappa shape index (κ3) is 3.09. The van der Waals surface area contributed by atoms with Gasteiger partial charge in [0.05, 0.1) is 11.8 Å². The highest BCUT2D eigenvalue weighted by molar-refractivity contribution is 7.15. The molecule has 1 saturated carbocycles. The van der Waals surface area contributed by atoms with Crippen LogP contribution in [0.3, 0.4) is 0 Å². The monoisotopic (exact) mass is 268 g/mol. The van der Waals surface area contributed by atoms with Crippen LogP contribution in [0.15, 0.2) is 0 Å². The lowest BCUT2D eigenvalue weighted by Gasteiger charge is -2.26. The minimum Gasteiger partial charge on any atom is -0.381 e. The van der Waals surface area contributed by atoms with Crippen LogP contribution in [0.4, 0.5) is 5.13 Å². The largest absolute Gasteiger partial charge is 0.381 e. The highest BCUT2D eigenvalue weighted by Gasteiger charge is 2.26. The first-order valence-corrected chi connectivity index (χ1v) is 7.19. The molecule has 18 heavy (non-hydrogen) atoms. The van der Waals surface area contributed by atoms with E-state index in [1.807, 2.05) is 13.8 Å². The Labute approximate surface area is 112 Å². The summed E-state index contributed by atoms with van der Waals surface area (Å²) in [6.07, 6.45) is 4.11. The van der Waals surface area contributed by atoms with Gasteiger partial charge in [-0.25, -0.2) is 4.98 Å². The molecule has 0 radical (unpaired) electrons. The van der Waals surface area contributed by atoms with E-state index in [0.29, 0.717) is 6.10 Å². The van der Waals surface area contributed by atoms with Crippen molar-refractivity contribution in [2.45, 2.75) is 45.6 Å². The second-order valence-electron chi connectivity index (χ2n) is 4.86. The molecule has 2 rings (SSSR count). The number of carbonyl (C=O) groups excluding carboxylic acids is 1.